The summed E-state index contributed by atoms with van der Waals surface area (Å²) in [6, 6.07) is 5.09. The van der Waals surface area contributed by atoms with Crippen LogP contribution in [0.3, 0.4) is 0 Å². The lowest BCUT2D eigenvalue weighted by atomic mass is 10.1. The van der Waals surface area contributed by atoms with Crippen LogP contribution in [0.2, 0.25) is 0 Å². The van der Waals surface area contributed by atoms with Crippen LogP contribution in [0.5, 0.6) is 0 Å². The molecular formula is C13H12F2N2O. The average Bonchev–Trinajstić information content (AvgIpc) is 2.73. The van der Waals surface area contributed by atoms with Crippen molar-refractivity contribution in [2.24, 2.45) is 0 Å². The Morgan fingerprint density at radius 3 is 2.39 bits per heavy atom. The van der Waals surface area contributed by atoms with Gasteiger partial charge in [-0.1, -0.05) is 0 Å². The predicted octanol–water partition coefficient (Wildman–Crippen LogP) is 2.68. The van der Waals surface area contributed by atoms with Gasteiger partial charge in [0, 0.05) is 18.7 Å². The highest BCUT2D eigenvalue weighted by molar-refractivity contribution is 5.92. The number of aryl methyl sites for hydroxylation is 2. The molecule has 0 unspecified atom stereocenters. The third-order valence-electron chi connectivity index (χ3n) is 2.60. The quantitative estimate of drug-likeness (QED) is 0.848. The Morgan fingerprint density at radius 1 is 1.17 bits per heavy atom. The number of ketones is 1. The Balaban J connectivity index is 2.04. The number of hydrogen-bond acceptors (Lipinski definition) is 2. The fraction of sp³-hybridized carbons (Fsp3) is 0.231. The summed E-state index contributed by atoms with van der Waals surface area (Å²) in [5, 5.41) is 6.57. The molecule has 0 atom stereocenters. The van der Waals surface area contributed by atoms with Crippen molar-refractivity contribution < 1.29 is 13.6 Å². The normalized spacial score (nSPS) is 10.6. The van der Waals surface area contributed by atoms with Crippen LogP contribution >= 0.6 is 0 Å². The summed E-state index contributed by atoms with van der Waals surface area (Å²) < 4.78 is 25.9. The van der Waals surface area contributed by atoms with E-state index < -0.39 is 11.6 Å². The van der Waals surface area contributed by atoms with Crippen LogP contribution in [-0.4, -0.2) is 16.0 Å². The number of aromatic nitrogens is 2. The fourth-order valence-electron chi connectivity index (χ4n) is 1.70. The largest absolute Gasteiger partial charge is 0.293 e. The van der Waals surface area contributed by atoms with E-state index in [0.717, 1.165) is 11.8 Å². The highest BCUT2D eigenvalue weighted by Gasteiger charge is 2.06. The van der Waals surface area contributed by atoms with Crippen molar-refractivity contribution in [1.29, 1.82) is 0 Å². The monoisotopic (exact) mass is 250 g/mol. The number of hydrogen-bond donors (Lipinski definition) is 1. The molecule has 94 valence electrons. The van der Waals surface area contributed by atoms with Crippen LogP contribution < -0.4 is 0 Å². The molecule has 0 bridgehead atoms. The minimum atomic E-state index is -0.584. The number of halogens is 2. The second-order valence-corrected chi connectivity index (χ2v) is 4.11. The number of Topliss-reactive ketones (excluding diaryl/α,β-unsaturated/α-hetero) is 1. The van der Waals surface area contributed by atoms with Gasteiger partial charge in [-0.25, -0.2) is 8.78 Å². The summed E-state index contributed by atoms with van der Waals surface area (Å²) in [6.07, 6.45) is 1.03. The van der Waals surface area contributed by atoms with Gasteiger partial charge in [-0.2, -0.15) is 5.10 Å². The van der Waals surface area contributed by atoms with Crippen LogP contribution in [0.25, 0.3) is 0 Å². The van der Waals surface area contributed by atoms with Crippen molar-refractivity contribution in [3.63, 3.8) is 0 Å². The number of H-pyrrole nitrogens is 1. The second kappa shape index (κ2) is 5.08. The minimum absolute atomic E-state index is 0.116. The summed E-state index contributed by atoms with van der Waals surface area (Å²) in [5.41, 5.74) is 1.71. The van der Waals surface area contributed by atoms with Gasteiger partial charge in [0.1, 0.15) is 17.3 Å². The molecule has 0 aliphatic heterocycles. The van der Waals surface area contributed by atoms with Crippen molar-refractivity contribution in [2.45, 2.75) is 19.8 Å². The first-order valence-electron chi connectivity index (χ1n) is 5.55. The molecule has 1 heterocycles. The maximum absolute atomic E-state index is 13.0. The molecule has 2 aromatic rings. The Labute approximate surface area is 103 Å². The zero-order valence-electron chi connectivity index (χ0n) is 9.84. The van der Waals surface area contributed by atoms with Crippen molar-refractivity contribution >= 4 is 5.78 Å². The maximum atomic E-state index is 13.0. The summed E-state index contributed by atoms with van der Waals surface area (Å²) in [6.45, 7) is 1.43. The Bertz CT molecular complexity index is 558. The molecule has 0 fully saturated rings. The molecule has 0 aliphatic rings. The van der Waals surface area contributed by atoms with Gasteiger partial charge in [-0.05, 0) is 36.6 Å². The smallest absolute Gasteiger partial charge is 0.179 e. The average molecular weight is 250 g/mol. The standard InChI is InChI=1S/C13H12F2N2O/c1-8(18)13-7-12(16-17-13)3-2-9-4-10(14)6-11(15)5-9/h4-7H,2-3H2,1H3,(H,16,17). The van der Waals surface area contributed by atoms with E-state index in [1.807, 2.05) is 0 Å². The molecule has 1 aromatic heterocycles. The Kier molecular flexibility index (Phi) is 3.50. The number of carbonyl (C=O) groups excluding carboxylic acids is 1. The van der Waals surface area contributed by atoms with Crippen molar-refractivity contribution in [3.05, 3.63) is 52.9 Å². The Hall–Kier alpha value is -2.04. The molecular weight excluding hydrogens is 238 g/mol. The van der Waals surface area contributed by atoms with Crippen LogP contribution in [-0.2, 0) is 12.8 Å². The van der Waals surface area contributed by atoms with Gasteiger partial charge in [0.25, 0.3) is 0 Å². The van der Waals surface area contributed by atoms with Crippen molar-refractivity contribution in [3.8, 4) is 0 Å². The van der Waals surface area contributed by atoms with Crippen LogP contribution in [0.15, 0.2) is 24.3 Å². The first-order valence-corrected chi connectivity index (χ1v) is 5.55. The summed E-state index contributed by atoms with van der Waals surface area (Å²) in [7, 11) is 0. The SMILES string of the molecule is CC(=O)c1cc(CCc2cc(F)cc(F)c2)[nH]n1. The van der Waals surface area contributed by atoms with Crippen LogP contribution in [0.1, 0.15) is 28.7 Å². The topological polar surface area (TPSA) is 45.8 Å². The van der Waals surface area contributed by atoms with E-state index in [4.69, 9.17) is 0 Å². The summed E-state index contributed by atoms with van der Waals surface area (Å²) in [4.78, 5) is 11.0. The molecule has 0 saturated heterocycles. The molecule has 0 spiro atoms. The zero-order chi connectivity index (χ0) is 13.1. The van der Waals surface area contributed by atoms with E-state index in [0.29, 0.717) is 24.1 Å². The molecule has 0 amide bonds. The fourth-order valence-corrected chi connectivity index (χ4v) is 1.70. The number of carbonyl (C=O) groups is 1. The second-order valence-electron chi connectivity index (χ2n) is 4.11. The van der Waals surface area contributed by atoms with Gasteiger partial charge in [0.05, 0.1) is 0 Å². The molecule has 1 N–H and O–H groups in total. The van der Waals surface area contributed by atoms with Crippen molar-refractivity contribution in [1.82, 2.24) is 10.2 Å². The van der Waals surface area contributed by atoms with Gasteiger partial charge in [0.2, 0.25) is 0 Å². The molecule has 0 radical (unpaired) electrons. The van der Waals surface area contributed by atoms with E-state index in [-0.39, 0.29) is 5.78 Å². The number of benzene rings is 1. The van der Waals surface area contributed by atoms with Gasteiger partial charge in [-0.15, -0.1) is 0 Å². The van der Waals surface area contributed by atoms with Crippen molar-refractivity contribution in [2.75, 3.05) is 0 Å². The maximum Gasteiger partial charge on any atom is 0.179 e. The van der Waals surface area contributed by atoms with Gasteiger partial charge in [-0.3, -0.25) is 9.89 Å². The molecule has 5 heteroatoms. The zero-order valence-corrected chi connectivity index (χ0v) is 9.84. The lowest BCUT2D eigenvalue weighted by molar-refractivity contribution is 0.101. The molecule has 2 rings (SSSR count). The van der Waals surface area contributed by atoms with E-state index in [2.05, 4.69) is 10.2 Å². The third-order valence-corrected chi connectivity index (χ3v) is 2.60. The lowest BCUT2D eigenvalue weighted by Crippen LogP contribution is -1.94. The van der Waals surface area contributed by atoms with E-state index >= 15 is 0 Å². The predicted molar refractivity (Wildman–Crippen MR) is 62.4 cm³/mol. The summed E-state index contributed by atoms with van der Waals surface area (Å²) in [5.74, 6) is -1.28. The summed E-state index contributed by atoms with van der Waals surface area (Å²) >= 11 is 0. The molecule has 0 saturated carbocycles. The van der Waals surface area contributed by atoms with Crippen LogP contribution in [0.4, 0.5) is 8.78 Å². The third kappa shape index (κ3) is 3.00. The number of rotatable bonds is 4. The van der Waals surface area contributed by atoms with Gasteiger partial charge in [0.15, 0.2) is 5.78 Å². The number of aromatic amines is 1. The van der Waals surface area contributed by atoms with Crippen LogP contribution in [0, 0.1) is 11.6 Å². The van der Waals surface area contributed by atoms with E-state index in [1.54, 1.807) is 6.07 Å². The molecule has 0 aliphatic carbocycles. The van der Waals surface area contributed by atoms with E-state index in [9.17, 15) is 13.6 Å². The van der Waals surface area contributed by atoms with E-state index in [1.165, 1.54) is 19.1 Å². The molecule has 3 nitrogen and oxygen atoms in total. The first-order chi connectivity index (χ1) is 8.54. The Morgan fingerprint density at radius 2 is 1.83 bits per heavy atom. The first kappa shape index (κ1) is 12.4. The highest BCUT2D eigenvalue weighted by atomic mass is 19.1. The highest BCUT2D eigenvalue weighted by Crippen LogP contribution is 2.11. The van der Waals surface area contributed by atoms with Gasteiger partial charge >= 0.3 is 0 Å². The number of nitrogens with one attached hydrogen (secondary N) is 1. The molecule has 18 heavy (non-hydrogen) atoms. The molecule has 1 aromatic carbocycles. The lowest BCUT2D eigenvalue weighted by Gasteiger charge is -2.00. The number of nitrogens with zero attached hydrogens (tertiary/aromatic N) is 1. The minimum Gasteiger partial charge on any atom is -0.293 e. The van der Waals surface area contributed by atoms with Gasteiger partial charge < -0.3 is 0 Å².